The van der Waals surface area contributed by atoms with Crippen LogP contribution >= 0.6 is 11.6 Å². The SMILES string of the molecule is C[C@@H]1Cc2c([nH]c3ccccc23)[C@@H](c2c(F)cc(NC3CN(CCCF)C3)cc2F)N1CC(F)(Cl)CO. The van der Waals surface area contributed by atoms with E-state index in [-0.39, 0.29) is 24.3 Å². The molecule has 2 aromatic carbocycles. The second-order valence-corrected chi connectivity index (χ2v) is 10.9. The number of benzene rings is 2. The van der Waals surface area contributed by atoms with Crippen LogP contribution in [0.3, 0.4) is 0 Å². The minimum absolute atomic E-state index is 0.0173. The second-order valence-electron chi connectivity index (χ2n) is 10.2. The van der Waals surface area contributed by atoms with Gasteiger partial charge in [-0.15, -0.1) is 0 Å². The minimum Gasteiger partial charge on any atom is -0.392 e. The summed E-state index contributed by atoms with van der Waals surface area (Å²) in [6.45, 7) is 2.15. The predicted octanol–water partition coefficient (Wildman–Crippen LogP) is 5.13. The molecule has 1 saturated heterocycles. The van der Waals surface area contributed by atoms with E-state index in [1.165, 1.54) is 12.1 Å². The number of para-hydroxylation sites is 1. The first-order valence-electron chi connectivity index (χ1n) is 12.6. The van der Waals surface area contributed by atoms with Gasteiger partial charge in [0.25, 0.3) is 0 Å². The summed E-state index contributed by atoms with van der Waals surface area (Å²) < 4.78 is 58.7. The molecule has 1 aromatic heterocycles. The zero-order valence-corrected chi connectivity index (χ0v) is 21.3. The normalized spacial score (nSPS) is 22.6. The van der Waals surface area contributed by atoms with Crippen molar-refractivity contribution in [2.24, 2.45) is 0 Å². The number of hydrogen-bond acceptors (Lipinski definition) is 4. The number of aromatic nitrogens is 1. The van der Waals surface area contributed by atoms with Gasteiger partial charge in [-0.2, -0.15) is 0 Å². The van der Waals surface area contributed by atoms with Gasteiger partial charge in [-0.3, -0.25) is 14.2 Å². The van der Waals surface area contributed by atoms with Gasteiger partial charge in [0.1, 0.15) is 11.6 Å². The van der Waals surface area contributed by atoms with Crippen molar-refractivity contribution in [3.63, 3.8) is 0 Å². The van der Waals surface area contributed by atoms with E-state index in [0.29, 0.717) is 43.9 Å². The van der Waals surface area contributed by atoms with Gasteiger partial charge in [-0.25, -0.2) is 13.2 Å². The molecular weight excluding hydrogens is 508 g/mol. The van der Waals surface area contributed by atoms with Crippen LogP contribution in [0.5, 0.6) is 0 Å². The number of fused-ring (bicyclic) bond motifs is 3. The highest BCUT2D eigenvalue weighted by Crippen LogP contribution is 2.44. The molecule has 3 N–H and O–H groups in total. The Morgan fingerprint density at radius 3 is 2.57 bits per heavy atom. The molecule has 1 fully saturated rings. The van der Waals surface area contributed by atoms with Crippen molar-refractivity contribution in [1.82, 2.24) is 14.8 Å². The Morgan fingerprint density at radius 2 is 1.89 bits per heavy atom. The van der Waals surface area contributed by atoms with Crippen LogP contribution in [0.2, 0.25) is 0 Å². The second kappa shape index (κ2) is 10.4. The van der Waals surface area contributed by atoms with Crippen LogP contribution in [-0.4, -0.2) is 76.6 Å². The number of rotatable bonds is 9. The van der Waals surface area contributed by atoms with Gasteiger partial charge in [-0.1, -0.05) is 29.8 Å². The fourth-order valence-corrected chi connectivity index (χ4v) is 5.81. The molecule has 3 atom stereocenters. The summed E-state index contributed by atoms with van der Waals surface area (Å²) in [5, 5.41) is 11.1. The topological polar surface area (TPSA) is 54.5 Å². The molecule has 3 heterocycles. The van der Waals surface area contributed by atoms with Crippen molar-refractivity contribution >= 4 is 28.2 Å². The van der Waals surface area contributed by atoms with E-state index in [4.69, 9.17) is 11.6 Å². The molecular formula is C27H31ClF4N4O. The van der Waals surface area contributed by atoms with Gasteiger partial charge in [0.15, 0.2) is 0 Å². The van der Waals surface area contributed by atoms with Crippen LogP contribution in [-0.2, 0) is 6.42 Å². The number of anilines is 1. The number of H-pyrrole nitrogens is 1. The first-order chi connectivity index (χ1) is 17.7. The summed E-state index contributed by atoms with van der Waals surface area (Å²) in [6, 6.07) is 8.88. The summed E-state index contributed by atoms with van der Waals surface area (Å²) in [7, 11) is 0. The summed E-state index contributed by atoms with van der Waals surface area (Å²) in [5.41, 5.74) is 2.46. The third kappa shape index (κ3) is 5.19. The highest BCUT2D eigenvalue weighted by Gasteiger charge is 2.42. The Morgan fingerprint density at radius 1 is 1.19 bits per heavy atom. The van der Waals surface area contributed by atoms with Gasteiger partial charge in [-0.05, 0) is 43.5 Å². The van der Waals surface area contributed by atoms with Crippen molar-refractivity contribution < 1.29 is 22.7 Å². The lowest BCUT2D eigenvalue weighted by molar-refractivity contribution is 0.0535. The first-order valence-corrected chi connectivity index (χ1v) is 13.0. The zero-order valence-electron chi connectivity index (χ0n) is 20.6. The zero-order chi connectivity index (χ0) is 26.3. The lowest BCUT2D eigenvalue weighted by atomic mass is 9.87. The molecule has 37 heavy (non-hydrogen) atoms. The molecule has 10 heteroatoms. The number of likely N-dealkylation sites (tertiary alicyclic amines) is 1. The molecule has 1 unspecified atom stereocenters. The number of hydrogen-bond donors (Lipinski definition) is 3. The minimum atomic E-state index is -2.47. The maximum absolute atomic E-state index is 15.7. The summed E-state index contributed by atoms with van der Waals surface area (Å²) in [6.07, 6.45) is 0.993. The Hall–Kier alpha value is -2.33. The van der Waals surface area contributed by atoms with Crippen LogP contribution < -0.4 is 5.32 Å². The molecule has 0 radical (unpaired) electrons. The molecule has 2 aliphatic rings. The van der Waals surface area contributed by atoms with E-state index in [1.54, 1.807) is 4.90 Å². The monoisotopic (exact) mass is 538 g/mol. The Balaban J connectivity index is 1.50. The van der Waals surface area contributed by atoms with Crippen LogP contribution in [0.1, 0.15) is 36.2 Å². The molecule has 0 aliphatic carbocycles. The van der Waals surface area contributed by atoms with Crippen molar-refractivity contribution in [1.29, 1.82) is 0 Å². The van der Waals surface area contributed by atoms with E-state index >= 15 is 8.78 Å². The van der Waals surface area contributed by atoms with Gasteiger partial charge < -0.3 is 15.4 Å². The van der Waals surface area contributed by atoms with Crippen LogP contribution in [0.25, 0.3) is 10.9 Å². The third-order valence-electron chi connectivity index (χ3n) is 7.45. The van der Waals surface area contributed by atoms with E-state index < -0.39 is 36.0 Å². The smallest absolute Gasteiger partial charge is 0.218 e. The predicted molar refractivity (Wildman–Crippen MR) is 138 cm³/mol. The van der Waals surface area contributed by atoms with Gasteiger partial charge in [0.05, 0.1) is 31.9 Å². The first kappa shape index (κ1) is 26.3. The van der Waals surface area contributed by atoms with Crippen molar-refractivity contribution in [2.45, 2.75) is 43.0 Å². The lowest BCUT2D eigenvalue weighted by Gasteiger charge is -2.43. The van der Waals surface area contributed by atoms with Crippen LogP contribution in [0, 0.1) is 11.6 Å². The van der Waals surface area contributed by atoms with E-state index in [9.17, 15) is 13.9 Å². The highest BCUT2D eigenvalue weighted by molar-refractivity contribution is 6.23. The van der Waals surface area contributed by atoms with Crippen LogP contribution in [0.4, 0.5) is 23.2 Å². The van der Waals surface area contributed by atoms with Crippen molar-refractivity contribution in [2.75, 3.05) is 44.8 Å². The lowest BCUT2D eigenvalue weighted by Crippen LogP contribution is -2.54. The quantitative estimate of drug-likeness (QED) is 0.261. The number of nitrogens with zero attached hydrogens (tertiary/aromatic N) is 2. The largest absolute Gasteiger partial charge is 0.392 e. The average molecular weight is 539 g/mol. The number of halogens is 5. The number of aliphatic hydroxyl groups excluding tert-OH is 1. The standard InChI is InChI=1S/C27H31ClF4N4O/c1-16-9-20-19-5-2-3-6-23(19)34-25(20)26(36(16)14-27(28,32)15-37)24-21(30)10-17(11-22(24)31)33-18-12-35(13-18)8-4-7-29/h2-3,5-6,10-11,16,18,26,33-34,37H,4,7-9,12-15H2,1H3/t16-,26-,27?/m1/s1. The van der Waals surface area contributed by atoms with Crippen molar-refractivity contribution in [3.05, 3.63) is 64.9 Å². The number of aliphatic hydroxyl groups is 1. The van der Waals surface area contributed by atoms with Gasteiger partial charge in [0, 0.05) is 53.5 Å². The summed E-state index contributed by atoms with van der Waals surface area (Å²) in [4.78, 5) is 7.00. The number of nitrogens with one attached hydrogen (secondary N) is 2. The van der Waals surface area contributed by atoms with Crippen LogP contribution in [0.15, 0.2) is 36.4 Å². The molecule has 3 aromatic rings. The molecule has 2 aliphatic heterocycles. The van der Waals surface area contributed by atoms with E-state index in [1.807, 2.05) is 31.2 Å². The molecule has 0 spiro atoms. The third-order valence-corrected chi connectivity index (χ3v) is 7.69. The highest BCUT2D eigenvalue weighted by atomic mass is 35.5. The van der Waals surface area contributed by atoms with E-state index in [0.717, 1.165) is 16.5 Å². The van der Waals surface area contributed by atoms with Crippen molar-refractivity contribution in [3.8, 4) is 0 Å². The average Bonchev–Trinajstić information content (AvgIpc) is 3.19. The Bertz CT molecular complexity index is 1240. The fraction of sp³-hybridized carbons (Fsp3) is 0.481. The summed E-state index contributed by atoms with van der Waals surface area (Å²) >= 11 is 5.92. The van der Waals surface area contributed by atoms with E-state index in [2.05, 4.69) is 15.2 Å². The number of aromatic amines is 1. The molecule has 0 saturated carbocycles. The fourth-order valence-electron chi connectivity index (χ4n) is 5.67. The molecule has 5 nitrogen and oxygen atoms in total. The Kier molecular flexibility index (Phi) is 7.42. The molecule has 0 amide bonds. The van der Waals surface area contributed by atoms with Gasteiger partial charge in [0.2, 0.25) is 5.13 Å². The maximum Gasteiger partial charge on any atom is 0.218 e. The Labute approximate surface area is 218 Å². The molecule has 5 rings (SSSR count). The molecule has 0 bridgehead atoms. The van der Waals surface area contributed by atoms with Gasteiger partial charge >= 0.3 is 0 Å². The molecule has 200 valence electrons. The number of alkyl halides is 3. The maximum atomic E-state index is 15.7. The summed E-state index contributed by atoms with van der Waals surface area (Å²) in [5.74, 6) is -1.51.